The van der Waals surface area contributed by atoms with Crippen LogP contribution in [0.4, 0.5) is 0 Å². The Morgan fingerprint density at radius 3 is 1.54 bits per heavy atom. The van der Waals surface area contributed by atoms with Crippen LogP contribution in [-0.4, -0.2) is 11.6 Å². The quantitative estimate of drug-likeness (QED) is 0.169. The van der Waals surface area contributed by atoms with Gasteiger partial charge in [-0.15, -0.1) is 9.24 Å². The molecule has 188 valence electrons. The van der Waals surface area contributed by atoms with E-state index in [4.69, 9.17) is 0 Å². The molecule has 6 aromatic carbocycles. The van der Waals surface area contributed by atoms with Crippen molar-refractivity contribution in [2.45, 2.75) is 13.8 Å². The summed E-state index contributed by atoms with van der Waals surface area (Å²) in [5, 5.41) is 4.46. The van der Waals surface area contributed by atoms with Gasteiger partial charge < -0.3 is 0 Å². The van der Waals surface area contributed by atoms with Gasteiger partial charge in [-0.25, -0.2) is 0 Å². The molecule has 1 atom stereocenters. The molecule has 3 heteroatoms. The fourth-order valence-corrected chi connectivity index (χ4v) is 5.94. The van der Waals surface area contributed by atoms with Crippen LogP contribution in [0.15, 0.2) is 115 Å². The van der Waals surface area contributed by atoms with Crippen LogP contribution in [-0.2, 0) is 0 Å². The number of hydrogen-bond donors (Lipinski definition) is 0. The fourth-order valence-electron chi connectivity index (χ4n) is 5.57. The van der Waals surface area contributed by atoms with Crippen LogP contribution in [0.2, 0.25) is 0 Å². The second-order valence-electron chi connectivity index (χ2n) is 9.93. The summed E-state index contributed by atoms with van der Waals surface area (Å²) in [6.07, 6.45) is 0. The first-order chi connectivity index (χ1) is 19.0. The zero-order chi connectivity index (χ0) is 27.1. The minimum absolute atomic E-state index is 0.145. The Hall–Kier alpha value is -4.39. The molecule has 0 saturated heterocycles. The van der Waals surface area contributed by atoms with Gasteiger partial charge in [0.15, 0.2) is 11.6 Å². The van der Waals surface area contributed by atoms with Crippen molar-refractivity contribution < 1.29 is 9.59 Å². The molecular weight excluding hydrogens is 495 g/mol. The minimum atomic E-state index is -0.145. The number of rotatable bonds is 5. The van der Waals surface area contributed by atoms with E-state index in [2.05, 4.69) is 9.24 Å². The zero-order valence-corrected chi connectivity index (χ0v) is 23.0. The van der Waals surface area contributed by atoms with Crippen LogP contribution >= 0.6 is 9.24 Å². The molecule has 0 amide bonds. The number of benzene rings is 6. The van der Waals surface area contributed by atoms with Crippen LogP contribution in [0.5, 0.6) is 0 Å². The summed E-state index contributed by atoms with van der Waals surface area (Å²) in [5.74, 6) is -0.290. The maximum Gasteiger partial charge on any atom is 0.195 e. The summed E-state index contributed by atoms with van der Waals surface area (Å²) in [6.45, 7) is 3.92. The van der Waals surface area contributed by atoms with Gasteiger partial charge in [0, 0.05) is 22.3 Å². The maximum atomic E-state index is 14.8. The molecule has 0 radical (unpaired) electrons. The van der Waals surface area contributed by atoms with E-state index in [1.54, 1.807) is 0 Å². The Balaban J connectivity index is 1.69. The monoisotopic (exact) mass is 522 g/mol. The zero-order valence-electron chi connectivity index (χ0n) is 21.9. The molecule has 1 unspecified atom stereocenters. The molecule has 39 heavy (non-hydrogen) atoms. The normalized spacial score (nSPS) is 11.2. The maximum absolute atomic E-state index is 14.8. The summed E-state index contributed by atoms with van der Waals surface area (Å²) in [6, 6.07) is 37.6. The lowest BCUT2D eigenvalue weighted by Crippen LogP contribution is -2.21. The topological polar surface area (TPSA) is 34.1 Å². The smallest absolute Gasteiger partial charge is 0.195 e. The Morgan fingerprint density at radius 2 is 0.974 bits per heavy atom. The molecule has 0 spiro atoms. The van der Waals surface area contributed by atoms with Crippen molar-refractivity contribution in [3.63, 3.8) is 0 Å². The van der Waals surface area contributed by atoms with E-state index in [1.165, 1.54) is 0 Å². The van der Waals surface area contributed by atoms with Gasteiger partial charge >= 0.3 is 0 Å². The largest absolute Gasteiger partial charge is 0.289 e. The van der Waals surface area contributed by atoms with Crippen LogP contribution < -0.4 is 5.30 Å². The van der Waals surface area contributed by atoms with Crippen molar-refractivity contribution in [2.24, 2.45) is 0 Å². The summed E-state index contributed by atoms with van der Waals surface area (Å²) >= 11 is 0. The van der Waals surface area contributed by atoms with E-state index in [1.807, 2.05) is 129 Å². The molecule has 0 bridgehead atoms. The summed E-state index contributed by atoms with van der Waals surface area (Å²) < 4.78 is 0. The van der Waals surface area contributed by atoms with Gasteiger partial charge in [-0.2, -0.15) is 0 Å². The second kappa shape index (κ2) is 10.1. The predicted octanol–water partition coefficient (Wildman–Crippen LogP) is 8.24. The summed E-state index contributed by atoms with van der Waals surface area (Å²) in [4.78, 5) is 29.4. The number of ketones is 2. The molecular formula is C36H27O2P. The first-order valence-electron chi connectivity index (χ1n) is 13.0. The standard InChI is InChI=1S/C36H27O2P/c1-22-16-18-25-12-6-8-14-27(25)31(22)35(37)33-29(24-10-4-3-5-11-24)20-21-30(39)34(33)36(38)32-23(2)17-19-26-13-7-9-15-28(26)32/h3-21H,39H2,1-2H3. The van der Waals surface area contributed by atoms with Crippen LogP contribution in [0.3, 0.4) is 0 Å². The first kappa shape index (κ1) is 24.9. The van der Waals surface area contributed by atoms with Crippen LogP contribution in [0.1, 0.15) is 43.0 Å². The lowest BCUT2D eigenvalue weighted by atomic mass is 9.83. The molecule has 0 N–H and O–H groups in total. The number of aryl methyl sites for hydroxylation is 2. The molecule has 2 nitrogen and oxygen atoms in total. The van der Waals surface area contributed by atoms with Crippen molar-refractivity contribution in [3.8, 4) is 11.1 Å². The highest BCUT2D eigenvalue weighted by Gasteiger charge is 2.29. The van der Waals surface area contributed by atoms with Gasteiger partial charge in [0.1, 0.15) is 0 Å². The van der Waals surface area contributed by atoms with Gasteiger partial charge in [-0.1, -0.05) is 115 Å². The Bertz CT molecular complexity index is 1920. The SMILES string of the molecule is Cc1ccc2ccccc2c1C(=O)c1c(P)ccc(-c2ccccc2)c1C(=O)c1c(C)ccc2ccccc12. The lowest BCUT2D eigenvalue weighted by molar-refractivity contribution is 0.101. The third-order valence-electron chi connectivity index (χ3n) is 7.51. The second-order valence-corrected chi connectivity index (χ2v) is 10.6. The highest BCUT2D eigenvalue weighted by Crippen LogP contribution is 2.34. The molecule has 0 saturated carbocycles. The number of carbonyl (C=O) groups excluding carboxylic acids is 2. The van der Waals surface area contributed by atoms with Crippen LogP contribution in [0.25, 0.3) is 32.7 Å². The van der Waals surface area contributed by atoms with E-state index in [0.717, 1.165) is 43.8 Å². The van der Waals surface area contributed by atoms with Crippen molar-refractivity contribution in [2.75, 3.05) is 0 Å². The predicted molar refractivity (Wildman–Crippen MR) is 165 cm³/mol. The molecule has 6 rings (SSSR count). The molecule has 6 aromatic rings. The molecule has 0 heterocycles. The number of hydrogen-bond acceptors (Lipinski definition) is 2. The average Bonchev–Trinajstić information content (AvgIpc) is 2.96. The van der Waals surface area contributed by atoms with Crippen LogP contribution in [0, 0.1) is 13.8 Å². The van der Waals surface area contributed by atoms with E-state index in [0.29, 0.717) is 27.6 Å². The van der Waals surface area contributed by atoms with E-state index in [9.17, 15) is 9.59 Å². The van der Waals surface area contributed by atoms with Crippen molar-refractivity contribution in [1.82, 2.24) is 0 Å². The number of carbonyl (C=O) groups is 2. The molecule has 0 aliphatic rings. The highest BCUT2D eigenvalue weighted by atomic mass is 31.0. The van der Waals surface area contributed by atoms with Crippen molar-refractivity contribution >= 4 is 47.7 Å². The van der Waals surface area contributed by atoms with E-state index in [-0.39, 0.29) is 11.6 Å². The van der Waals surface area contributed by atoms with E-state index < -0.39 is 0 Å². The van der Waals surface area contributed by atoms with Gasteiger partial charge in [-0.3, -0.25) is 9.59 Å². The van der Waals surface area contributed by atoms with E-state index >= 15 is 0 Å². The minimum Gasteiger partial charge on any atom is -0.289 e. The van der Waals surface area contributed by atoms with Gasteiger partial charge in [0.25, 0.3) is 0 Å². The van der Waals surface area contributed by atoms with Crippen molar-refractivity contribution in [3.05, 3.63) is 149 Å². The first-order valence-corrected chi connectivity index (χ1v) is 13.6. The Kier molecular flexibility index (Phi) is 6.43. The fraction of sp³-hybridized carbons (Fsp3) is 0.0556. The molecule has 0 aliphatic heterocycles. The van der Waals surface area contributed by atoms with Gasteiger partial charge in [-0.05, 0) is 63.0 Å². The third-order valence-corrected chi connectivity index (χ3v) is 7.99. The molecule has 0 aromatic heterocycles. The van der Waals surface area contributed by atoms with Gasteiger partial charge in [0.2, 0.25) is 0 Å². The molecule has 0 fully saturated rings. The number of fused-ring (bicyclic) bond motifs is 2. The Morgan fingerprint density at radius 1 is 0.487 bits per heavy atom. The highest BCUT2D eigenvalue weighted by molar-refractivity contribution is 7.27. The van der Waals surface area contributed by atoms with Crippen molar-refractivity contribution in [1.29, 1.82) is 0 Å². The summed E-state index contributed by atoms with van der Waals surface area (Å²) in [5.41, 5.74) is 5.53. The molecule has 0 aliphatic carbocycles. The van der Waals surface area contributed by atoms with Gasteiger partial charge in [0.05, 0.1) is 0 Å². The third kappa shape index (κ3) is 4.28. The Labute approximate surface area is 230 Å². The average molecular weight is 523 g/mol. The lowest BCUT2D eigenvalue weighted by Gasteiger charge is -2.19. The summed E-state index contributed by atoms with van der Waals surface area (Å²) in [7, 11) is 2.70.